The van der Waals surface area contributed by atoms with E-state index in [2.05, 4.69) is 6.07 Å². The summed E-state index contributed by atoms with van der Waals surface area (Å²) >= 11 is 0. The molecular weight excluding hydrogens is 421 g/mol. The highest BCUT2D eigenvalue weighted by Crippen LogP contribution is 2.39. The average Bonchev–Trinajstić information content (AvgIpc) is 2.80. The molecule has 0 unspecified atom stereocenters. The third-order valence-electron chi connectivity index (χ3n) is 5.94. The van der Waals surface area contributed by atoms with E-state index >= 15 is 0 Å². The predicted octanol–water partition coefficient (Wildman–Crippen LogP) is 5.28. The first-order valence-electron chi connectivity index (χ1n) is 10.9. The molecule has 0 N–H and O–H groups in total. The number of hydrogen-bond donors (Lipinski definition) is 0. The van der Waals surface area contributed by atoms with Crippen LogP contribution < -0.4 is 14.2 Å². The summed E-state index contributed by atoms with van der Waals surface area (Å²) in [6, 6.07) is 15.3. The highest BCUT2D eigenvalue weighted by Gasteiger charge is 2.33. The van der Waals surface area contributed by atoms with Gasteiger partial charge in [-0.25, -0.2) is 4.39 Å². The van der Waals surface area contributed by atoms with Gasteiger partial charge in [-0.15, -0.1) is 0 Å². The van der Waals surface area contributed by atoms with Gasteiger partial charge >= 0.3 is 0 Å². The van der Waals surface area contributed by atoms with Crippen LogP contribution in [0.5, 0.6) is 17.2 Å². The summed E-state index contributed by atoms with van der Waals surface area (Å²) in [4.78, 5) is 15.2. The Hall–Kier alpha value is -3.54. The van der Waals surface area contributed by atoms with Gasteiger partial charge in [0.2, 0.25) is 0 Å². The van der Waals surface area contributed by atoms with Crippen molar-refractivity contribution >= 4 is 5.91 Å². The van der Waals surface area contributed by atoms with Gasteiger partial charge in [-0.1, -0.05) is 12.1 Å². The van der Waals surface area contributed by atoms with Crippen LogP contribution in [-0.4, -0.2) is 38.2 Å². The molecule has 0 aliphatic carbocycles. The van der Waals surface area contributed by atoms with Crippen LogP contribution in [0.1, 0.15) is 38.7 Å². The summed E-state index contributed by atoms with van der Waals surface area (Å²) in [5, 5.41) is 0. The molecule has 1 atom stereocenters. The Balaban J connectivity index is 1.72. The van der Waals surface area contributed by atoms with E-state index in [-0.39, 0.29) is 18.6 Å². The second-order valence-corrected chi connectivity index (χ2v) is 8.32. The number of methoxy groups -OCH3 is 2. The Morgan fingerprint density at radius 2 is 1.70 bits per heavy atom. The molecule has 33 heavy (non-hydrogen) atoms. The fourth-order valence-corrected chi connectivity index (χ4v) is 4.43. The zero-order chi connectivity index (χ0) is 23.5. The molecule has 1 aliphatic rings. The lowest BCUT2D eigenvalue weighted by atomic mass is 9.91. The first-order valence-corrected chi connectivity index (χ1v) is 10.9. The maximum Gasteiger partial charge on any atom is 0.254 e. The first-order chi connectivity index (χ1) is 15.9. The highest BCUT2D eigenvalue weighted by atomic mass is 19.1. The van der Waals surface area contributed by atoms with Crippen molar-refractivity contribution in [1.29, 1.82) is 0 Å². The number of fused-ring (bicyclic) bond motifs is 1. The van der Waals surface area contributed by atoms with E-state index in [9.17, 15) is 9.18 Å². The van der Waals surface area contributed by atoms with E-state index < -0.39 is 5.82 Å². The lowest BCUT2D eigenvalue weighted by molar-refractivity contribution is 0.0588. The quantitative estimate of drug-likeness (QED) is 0.514. The molecule has 0 saturated carbocycles. The van der Waals surface area contributed by atoms with Crippen molar-refractivity contribution in [2.75, 3.05) is 27.4 Å². The number of carbonyl (C=O) groups excluding carboxylic acids is 1. The predicted molar refractivity (Wildman–Crippen MR) is 125 cm³/mol. The summed E-state index contributed by atoms with van der Waals surface area (Å²) in [6.45, 7) is 4.78. The van der Waals surface area contributed by atoms with E-state index in [1.165, 1.54) is 12.1 Å². The van der Waals surface area contributed by atoms with Crippen LogP contribution in [0.15, 0.2) is 54.6 Å². The fraction of sp³-hybridized carbons (Fsp3) is 0.296. The van der Waals surface area contributed by atoms with Crippen molar-refractivity contribution in [3.63, 3.8) is 0 Å². The molecule has 0 saturated heterocycles. The molecule has 5 nitrogen and oxygen atoms in total. The molecule has 0 fully saturated rings. The maximum absolute atomic E-state index is 13.8. The Bertz CT molecular complexity index is 1160. The van der Waals surface area contributed by atoms with Crippen LogP contribution in [0.2, 0.25) is 0 Å². The van der Waals surface area contributed by atoms with Gasteiger partial charge < -0.3 is 19.1 Å². The van der Waals surface area contributed by atoms with Gasteiger partial charge in [-0.2, -0.15) is 0 Å². The number of ether oxygens (including phenoxy) is 3. The van der Waals surface area contributed by atoms with Gasteiger partial charge in [0, 0.05) is 12.1 Å². The number of aryl methyl sites for hydroxylation is 2. The lowest BCUT2D eigenvalue weighted by Gasteiger charge is -2.37. The molecule has 3 aromatic rings. The van der Waals surface area contributed by atoms with Crippen LogP contribution in [0.3, 0.4) is 0 Å². The molecule has 6 heteroatoms. The van der Waals surface area contributed by atoms with Gasteiger partial charge in [-0.05, 0) is 85.0 Å². The Morgan fingerprint density at radius 3 is 2.36 bits per heavy atom. The van der Waals surface area contributed by atoms with Crippen molar-refractivity contribution in [3.8, 4) is 17.2 Å². The number of amides is 1. The first kappa shape index (κ1) is 22.6. The summed E-state index contributed by atoms with van der Waals surface area (Å²) in [7, 11) is 3.19. The van der Waals surface area contributed by atoms with Gasteiger partial charge in [0.15, 0.2) is 11.5 Å². The monoisotopic (exact) mass is 449 g/mol. The zero-order valence-electron chi connectivity index (χ0n) is 19.4. The van der Waals surface area contributed by atoms with Gasteiger partial charge in [0.1, 0.15) is 18.2 Å². The summed E-state index contributed by atoms with van der Waals surface area (Å²) < 4.78 is 31.0. The minimum Gasteiger partial charge on any atom is -0.493 e. The third-order valence-corrected chi connectivity index (χ3v) is 5.94. The summed E-state index contributed by atoms with van der Waals surface area (Å²) in [5.41, 5.74) is 4.54. The molecule has 1 amide bonds. The smallest absolute Gasteiger partial charge is 0.254 e. The number of hydrogen-bond acceptors (Lipinski definition) is 4. The van der Waals surface area contributed by atoms with Crippen molar-refractivity contribution in [3.05, 3.63) is 88.2 Å². The number of nitrogens with zero attached hydrogens (tertiary/aromatic N) is 1. The molecule has 1 heterocycles. The minimum atomic E-state index is -0.437. The highest BCUT2D eigenvalue weighted by molar-refractivity contribution is 5.94. The van der Waals surface area contributed by atoms with Crippen LogP contribution in [0.4, 0.5) is 4.39 Å². The normalized spacial score (nSPS) is 15.1. The van der Waals surface area contributed by atoms with Gasteiger partial charge in [-0.3, -0.25) is 4.79 Å². The second-order valence-electron chi connectivity index (χ2n) is 8.32. The molecule has 0 aromatic heterocycles. The van der Waals surface area contributed by atoms with Crippen LogP contribution in [0, 0.1) is 19.7 Å². The number of carbonyl (C=O) groups is 1. The van der Waals surface area contributed by atoms with Gasteiger partial charge in [0.05, 0.1) is 20.3 Å². The number of benzene rings is 3. The van der Waals surface area contributed by atoms with Crippen molar-refractivity contribution in [1.82, 2.24) is 4.90 Å². The van der Waals surface area contributed by atoms with E-state index in [0.29, 0.717) is 30.0 Å². The van der Waals surface area contributed by atoms with Crippen LogP contribution in [-0.2, 0) is 6.42 Å². The molecular formula is C27H28FNO4. The topological polar surface area (TPSA) is 48.0 Å². The second kappa shape index (κ2) is 9.53. The van der Waals surface area contributed by atoms with E-state index in [0.717, 1.165) is 28.0 Å². The fourth-order valence-electron chi connectivity index (χ4n) is 4.43. The molecule has 0 spiro atoms. The van der Waals surface area contributed by atoms with Crippen molar-refractivity contribution < 1.29 is 23.4 Å². The SMILES string of the molecule is COc1cc2c(cc1OC)[C@H](COc1cc(C)cc(C)c1)N(C(=O)c1cccc(F)c1)CC2. The van der Waals surface area contributed by atoms with E-state index in [1.54, 1.807) is 31.3 Å². The Kier molecular flexibility index (Phi) is 6.54. The Labute approximate surface area is 193 Å². The Morgan fingerprint density at radius 1 is 1.00 bits per heavy atom. The van der Waals surface area contributed by atoms with Crippen LogP contribution in [0.25, 0.3) is 0 Å². The number of halogens is 1. The van der Waals surface area contributed by atoms with E-state index in [1.807, 2.05) is 38.1 Å². The standard InChI is InChI=1S/C27H28FNO4/c1-17-10-18(2)12-22(11-17)33-16-24-23-15-26(32-4)25(31-3)14-19(23)8-9-29(24)27(30)20-6-5-7-21(28)13-20/h5-7,10-15,24H,8-9,16H2,1-4H3/t24-/m0/s1. The zero-order valence-corrected chi connectivity index (χ0v) is 19.4. The van der Waals surface area contributed by atoms with Crippen molar-refractivity contribution in [2.45, 2.75) is 26.3 Å². The van der Waals surface area contributed by atoms with Gasteiger partial charge in [0.25, 0.3) is 5.91 Å². The molecule has 1 aliphatic heterocycles. The number of rotatable bonds is 6. The van der Waals surface area contributed by atoms with E-state index in [4.69, 9.17) is 14.2 Å². The lowest BCUT2D eigenvalue weighted by Crippen LogP contribution is -2.42. The van der Waals surface area contributed by atoms with Crippen molar-refractivity contribution in [2.24, 2.45) is 0 Å². The summed E-state index contributed by atoms with van der Waals surface area (Å²) in [6.07, 6.45) is 0.650. The molecule has 4 rings (SSSR count). The molecule has 172 valence electrons. The molecule has 3 aromatic carbocycles. The maximum atomic E-state index is 13.8. The summed E-state index contributed by atoms with van der Waals surface area (Å²) in [5.74, 6) is 1.32. The van der Waals surface area contributed by atoms with Crippen LogP contribution >= 0.6 is 0 Å². The average molecular weight is 450 g/mol. The minimum absolute atomic E-state index is 0.232. The molecule has 0 bridgehead atoms. The molecule has 0 radical (unpaired) electrons. The third kappa shape index (κ3) is 4.80. The largest absolute Gasteiger partial charge is 0.493 e.